The molecule has 2 aliphatic rings. The van der Waals surface area contributed by atoms with Gasteiger partial charge in [-0.3, -0.25) is 9.69 Å². The van der Waals surface area contributed by atoms with Crippen molar-refractivity contribution in [3.05, 3.63) is 0 Å². The van der Waals surface area contributed by atoms with Crippen molar-refractivity contribution in [2.75, 3.05) is 50.9 Å². The Hall–Kier alpha value is -0.300. The van der Waals surface area contributed by atoms with Crippen LogP contribution in [0.2, 0.25) is 0 Å². The minimum atomic E-state index is 0.189. The molecule has 0 aromatic rings. The normalized spacial score (nSPS) is 24.6. The molecule has 1 amide bonds. The molecule has 5 nitrogen and oxygen atoms in total. The van der Waals surface area contributed by atoms with Gasteiger partial charge in [-0.15, -0.1) is 0 Å². The van der Waals surface area contributed by atoms with Crippen LogP contribution < -0.4 is 10.6 Å². The van der Waals surface area contributed by atoms with Crippen LogP contribution in [0.1, 0.15) is 33.1 Å². The third-order valence-electron chi connectivity index (χ3n) is 5.05. The molecule has 0 aromatic carbocycles. The zero-order chi connectivity index (χ0) is 16.5. The lowest BCUT2D eigenvalue weighted by Gasteiger charge is -2.39. The quantitative estimate of drug-likeness (QED) is 0.696. The van der Waals surface area contributed by atoms with Gasteiger partial charge in [-0.25, -0.2) is 0 Å². The number of thioether (sulfide) groups is 1. The van der Waals surface area contributed by atoms with Gasteiger partial charge in [0, 0.05) is 56.2 Å². The Kier molecular flexibility index (Phi) is 8.72. The van der Waals surface area contributed by atoms with E-state index in [0.29, 0.717) is 24.4 Å². The summed E-state index contributed by atoms with van der Waals surface area (Å²) in [6.07, 6.45) is 2.93. The highest BCUT2D eigenvalue weighted by molar-refractivity contribution is 7.99. The van der Waals surface area contributed by atoms with Crippen molar-refractivity contribution in [1.82, 2.24) is 15.5 Å². The summed E-state index contributed by atoms with van der Waals surface area (Å²) < 4.78 is 5.48. The van der Waals surface area contributed by atoms with Crippen LogP contribution in [-0.4, -0.2) is 73.8 Å². The molecule has 0 radical (unpaired) electrons. The lowest BCUT2D eigenvalue weighted by Crippen LogP contribution is -2.52. The van der Waals surface area contributed by atoms with Crippen molar-refractivity contribution in [3.8, 4) is 0 Å². The zero-order valence-corrected chi connectivity index (χ0v) is 15.5. The Bertz CT molecular complexity index is 341. The first kappa shape index (κ1) is 19.0. The second kappa shape index (κ2) is 10.5. The van der Waals surface area contributed by atoms with Crippen LogP contribution in [0.5, 0.6) is 0 Å². The average Bonchev–Trinajstić information content (AvgIpc) is 2.60. The van der Waals surface area contributed by atoms with Crippen LogP contribution >= 0.6 is 11.8 Å². The van der Waals surface area contributed by atoms with E-state index in [-0.39, 0.29) is 5.91 Å². The van der Waals surface area contributed by atoms with Gasteiger partial charge in [0.25, 0.3) is 0 Å². The van der Waals surface area contributed by atoms with E-state index >= 15 is 0 Å². The number of rotatable bonds is 8. The monoisotopic (exact) mass is 343 g/mol. The van der Waals surface area contributed by atoms with Crippen LogP contribution in [0.3, 0.4) is 0 Å². The molecule has 134 valence electrons. The fourth-order valence-electron chi connectivity index (χ4n) is 3.60. The highest BCUT2D eigenvalue weighted by atomic mass is 32.2. The van der Waals surface area contributed by atoms with Crippen molar-refractivity contribution in [1.29, 1.82) is 0 Å². The summed E-state index contributed by atoms with van der Waals surface area (Å²) in [4.78, 5) is 14.8. The minimum Gasteiger partial charge on any atom is -0.379 e. The van der Waals surface area contributed by atoms with E-state index in [1.165, 1.54) is 0 Å². The molecule has 2 N–H and O–H groups in total. The first-order valence-electron chi connectivity index (χ1n) is 9.14. The second-order valence-corrected chi connectivity index (χ2v) is 7.68. The van der Waals surface area contributed by atoms with Crippen LogP contribution in [0.25, 0.3) is 0 Å². The summed E-state index contributed by atoms with van der Waals surface area (Å²) in [6.45, 7) is 9.90. The molecular formula is C17H33N3O2S. The standard InChI is InChI=1S/C17H33N3O2S/c1-3-14(4-2)16(20-6-8-22-9-7-20)12-19-17(21)11-15-13-23-10-5-18-15/h14-16,18H,3-13H2,1-2H3,(H,19,21). The highest BCUT2D eigenvalue weighted by Crippen LogP contribution is 2.19. The second-order valence-electron chi connectivity index (χ2n) is 6.53. The van der Waals surface area contributed by atoms with Gasteiger partial charge in [-0.05, 0) is 5.92 Å². The van der Waals surface area contributed by atoms with Crippen molar-refractivity contribution in [2.24, 2.45) is 5.92 Å². The maximum absolute atomic E-state index is 12.3. The molecule has 6 heteroatoms. The molecule has 23 heavy (non-hydrogen) atoms. The third kappa shape index (κ3) is 6.25. The highest BCUT2D eigenvalue weighted by Gasteiger charge is 2.27. The van der Waals surface area contributed by atoms with Gasteiger partial charge in [0.1, 0.15) is 0 Å². The summed E-state index contributed by atoms with van der Waals surface area (Å²) in [5.41, 5.74) is 0. The number of nitrogens with zero attached hydrogens (tertiary/aromatic N) is 1. The van der Waals surface area contributed by atoms with E-state index in [4.69, 9.17) is 4.74 Å². The smallest absolute Gasteiger partial charge is 0.221 e. The van der Waals surface area contributed by atoms with E-state index in [9.17, 15) is 4.79 Å². The van der Waals surface area contributed by atoms with E-state index in [1.807, 2.05) is 11.8 Å². The molecule has 2 unspecified atom stereocenters. The van der Waals surface area contributed by atoms with Crippen molar-refractivity contribution < 1.29 is 9.53 Å². The van der Waals surface area contributed by atoms with Crippen molar-refractivity contribution >= 4 is 17.7 Å². The fourth-order valence-corrected chi connectivity index (χ4v) is 4.55. The zero-order valence-electron chi connectivity index (χ0n) is 14.7. The predicted octanol–water partition coefficient (Wildman–Crippen LogP) is 1.33. The Morgan fingerprint density at radius 1 is 1.35 bits per heavy atom. The largest absolute Gasteiger partial charge is 0.379 e. The predicted molar refractivity (Wildman–Crippen MR) is 97.0 cm³/mol. The Morgan fingerprint density at radius 3 is 2.70 bits per heavy atom. The maximum Gasteiger partial charge on any atom is 0.221 e. The van der Waals surface area contributed by atoms with Gasteiger partial charge in [-0.1, -0.05) is 26.7 Å². The molecule has 2 aliphatic heterocycles. The number of carbonyl (C=O) groups excluding carboxylic acids is 1. The van der Waals surface area contributed by atoms with E-state index < -0.39 is 0 Å². The number of hydrogen-bond donors (Lipinski definition) is 2. The maximum atomic E-state index is 12.3. The summed E-state index contributed by atoms with van der Waals surface area (Å²) in [5.74, 6) is 3.03. The molecule has 2 rings (SSSR count). The number of nitrogens with one attached hydrogen (secondary N) is 2. The van der Waals surface area contributed by atoms with Gasteiger partial charge in [0.15, 0.2) is 0 Å². The molecule has 2 saturated heterocycles. The van der Waals surface area contributed by atoms with E-state index in [0.717, 1.165) is 63.7 Å². The van der Waals surface area contributed by atoms with Gasteiger partial charge < -0.3 is 15.4 Å². The Balaban J connectivity index is 1.82. The van der Waals surface area contributed by atoms with Crippen molar-refractivity contribution in [2.45, 2.75) is 45.2 Å². The Labute approximate surface area is 145 Å². The minimum absolute atomic E-state index is 0.189. The number of hydrogen-bond acceptors (Lipinski definition) is 5. The SMILES string of the molecule is CCC(CC)C(CNC(=O)CC1CSCCN1)N1CCOCC1. The molecule has 0 spiro atoms. The van der Waals surface area contributed by atoms with Gasteiger partial charge in [0.2, 0.25) is 5.91 Å². The summed E-state index contributed by atoms with van der Waals surface area (Å²) in [7, 11) is 0. The number of amides is 1. The summed E-state index contributed by atoms with van der Waals surface area (Å²) in [5, 5.41) is 6.64. The van der Waals surface area contributed by atoms with Gasteiger partial charge >= 0.3 is 0 Å². The van der Waals surface area contributed by atoms with Crippen LogP contribution in [0.4, 0.5) is 0 Å². The van der Waals surface area contributed by atoms with E-state index in [2.05, 4.69) is 29.4 Å². The topological polar surface area (TPSA) is 53.6 Å². The lowest BCUT2D eigenvalue weighted by atomic mass is 9.92. The molecule has 0 aliphatic carbocycles. The molecule has 0 saturated carbocycles. The number of carbonyl (C=O) groups is 1. The molecule has 2 fully saturated rings. The Morgan fingerprint density at radius 2 is 2.09 bits per heavy atom. The third-order valence-corrected chi connectivity index (χ3v) is 6.18. The van der Waals surface area contributed by atoms with Crippen LogP contribution in [-0.2, 0) is 9.53 Å². The van der Waals surface area contributed by atoms with Crippen molar-refractivity contribution in [3.63, 3.8) is 0 Å². The van der Waals surface area contributed by atoms with Crippen LogP contribution in [0.15, 0.2) is 0 Å². The molecule has 2 heterocycles. The van der Waals surface area contributed by atoms with Gasteiger partial charge in [0.05, 0.1) is 13.2 Å². The van der Waals surface area contributed by atoms with Gasteiger partial charge in [-0.2, -0.15) is 11.8 Å². The number of morpholine rings is 1. The first-order valence-corrected chi connectivity index (χ1v) is 10.3. The molecule has 0 bridgehead atoms. The lowest BCUT2D eigenvalue weighted by molar-refractivity contribution is -0.122. The van der Waals surface area contributed by atoms with Crippen LogP contribution in [0, 0.1) is 5.92 Å². The summed E-state index contributed by atoms with van der Waals surface area (Å²) >= 11 is 1.94. The molecular weight excluding hydrogens is 310 g/mol. The van der Waals surface area contributed by atoms with E-state index in [1.54, 1.807) is 0 Å². The average molecular weight is 344 g/mol. The summed E-state index contributed by atoms with van der Waals surface area (Å²) in [6, 6.07) is 0.773. The first-order chi connectivity index (χ1) is 11.2. The fraction of sp³-hybridized carbons (Fsp3) is 0.941. The molecule has 2 atom stereocenters. The molecule has 0 aromatic heterocycles. The number of ether oxygens (including phenoxy) is 1.